The molecule has 6 rings (SSSR count). The fraction of sp³-hybridized carbons (Fsp3) is 0.318. The molecular weight excluding hydrogens is 403 g/mol. The third-order valence-electron chi connectivity index (χ3n) is 6.17. The van der Waals surface area contributed by atoms with Gasteiger partial charge in [0.25, 0.3) is 0 Å². The molecule has 1 aromatic carbocycles. The van der Waals surface area contributed by atoms with Gasteiger partial charge in [0.05, 0.1) is 22.6 Å². The molecular formula is C22H20ClFN6. The molecule has 30 heavy (non-hydrogen) atoms. The first-order chi connectivity index (χ1) is 14.5. The van der Waals surface area contributed by atoms with E-state index in [2.05, 4.69) is 31.3 Å². The standard InChI is InChI=1S/C22H20ClFN6/c1-29-11-14-6-13(7-18(24)20(14)28-29)19-9-17(23)16-8-15(10-25-21(16)27-19)30-5-4-26-22(12-30)2-3-22/h6-11,26H,2-5,12H2,1H3. The van der Waals surface area contributed by atoms with Gasteiger partial charge in [-0.2, -0.15) is 5.10 Å². The van der Waals surface area contributed by atoms with Crippen LogP contribution in [0.3, 0.4) is 0 Å². The van der Waals surface area contributed by atoms with Crippen molar-refractivity contribution in [1.29, 1.82) is 0 Å². The van der Waals surface area contributed by atoms with Crippen LogP contribution in [0, 0.1) is 5.82 Å². The zero-order valence-electron chi connectivity index (χ0n) is 16.5. The number of hydrogen-bond donors (Lipinski definition) is 1. The summed E-state index contributed by atoms with van der Waals surface area (Å²) >= 11 is 6.63. The summed E-state index contributed by atoms with van der Waals surface area (Å²) in [6, 6.07) is 7.17. The predicted octanol–water partition coefficient (Wildman–Crippen LogP) is 3.92. The Balaban J connectivity index is 1.40. The van der Waals surface area contributed by atoms with Crippen molar-refractivity contribution < 1.29 is 4.39 Å². The van der Waals surface area contributed by atoms with Crippen LogP contribution in [0.1, 0.15) is 12.8 Å². The van der Waals surface area contributed by atoms with Gasteiger partial charge in [-0.05, 0) is 37.1 Å². The highest BCUT2D eigenvalue weighted by molar-refractivity contribution is 6.35. The number of anilines is 1. The molecule has 0 radical (unpaired) electrons. The van der Waals surface area contributed by atoms with Gasteiger partial charge in [-0.25, -0.2) is 14.4 Å². The molecule has 0 amide bonds. The van der Waals surface area contributed by atoms with E-state index >= 15 is 0 Å². The molecule has 1 saturated heterocycles. The van der Waals surface area contributed by atoms with Crippen LogP contribution in [0.2, 0.25) is 5.02 Å². The summed E-state index contributed by atoms with van der Waals surface area (Å²) < 4.78 is 16.1. The normalized spacial score (nSPS) is 17.9. The number of fused-ring (bicyclic) bond motifs is 2. The first-order valence-corrected chi connectivity index (χ1v) is 10.5. The van der Waals surface area contributed by atoms with Crippen LogP contribution >= 0.6 is 11.6 Å². The van der Waals surface area contributed by atoms with Crippen molar-refractivity contribution in [3.63, 3.8) is 0 Å². The van der Waals surface area contributed by atoms with Crippen molar-refractivity contribution in [2.75, 3.05) is 24.5 Å². The van der Waals surface area contributed by atoms with Gasteiger partial charge in [-0.1, -0.05) is 11.6 Å². The monoisotopic (exact) mass is 422 g/mol. The summed E-state index contributed by atoms with van der Waals surface area (Å²) in [4.78, 5) is 11.6. The number of piperazine rings is 1. The number of nitrogens with zero attached hydrogens (tertiary/aromatic N) is 5. The smallest absolute Gasteiger partial charge is 0.161 e. The summed E-state index contributed by atoms with van der Waals surface area (Å²) in [6.07, 6.45) is 6.11. The molecule has 1 aliphatic carbocycles. The molecule has 3 aromatic heterocycles. The minimum Gasteiger partial charge on any atom is -0.367 e. The topological polar surface area (TPSA) is 58.9 Å². The van der Waals surface area contributed by atoms with E-state index in [1.807, 2.05) is 12.3 Å². The number of aryl methyl sites for hydroxylation is 1. The van der Waals surface area contributed by atoms with Crippen LogP contribution in [0.4, 0.5) is 10.1 Å². The number of hydrogen-bond acceptors (Lipinski definition) is 5. The molecule has 0 bridgehead atoms. The third-order valence-corrected chi connectivity index (χ3v) is 6.48. The second kappa shape index (κ2) is 6.36. The Morgan fingerprint density at radius 2 is 2.07 bits per heavy atom. The van der Waals surface area contributed by atoms with E-state index in [9.17, 15) is 4.39 Å². The predicted molar refractivity (Wildman–Crippen MR) is 116 cm³/mol. The van der Waals surface area contributed by atoms with Gasteiger partial charge in [-0.15, -0.1) is 0 Å². The van der Waals surface area contributed by atoms with Crippen LogP contribution in [0.25, 0.3) is 33.2 Å². The highest BCUT2D eigenvalue weighted by Gasteiger charge is 2.45. The number of pyridine rings is 2. The molecule has 4 aromatic rings. The van der Waals surface area contributed by atoms with Gasteiger partial charge in [-0.3, -0.25) is 4.68 Å². The molecule has 2 aliphatic rings. The Kier molecular flexibility index (Phi) is 3.82. The van der Waals surface area contributed by atoms with E-state index in [1.54, 1.807) is 24.0 Å². The van der Waals surface area contributed by atoms with E-state index in [0.717, 1.165) is 36.1 Å². The van der Waals surface area contributed by atoms with Gasteiger partial charge in [0.15, 0.2) is 11.5 Å². The third kappa shape index (κ3) is 2.92. The average molecular weight is 423 g/mol. The Morgan fingerprint density at radius 3 is 2.90 bits per heavy atom. The van der Waals surface area contributed by atoms with Crippen LogP contribution in [0.5, 0.6) is 0 Å². The van der Waals surface area contributed by atoms with Gasteiger partial charge < -0.3 is 10.2 Å². The molecule has 1 spiro atoms. The molecule has 1 saturated carbocycles. The molecule has 0 atom stereocenters. The lowest BCUT2D eigenvalue weighted by molar-refractivity contribution is 0.442. The lowest BCUT2D eigenvalue weighted by atomic mass is 10.1. The van der Waals surface area contributed by atoms with Crippen LogP contribution in [-0.2, 0) is 7.05 Å². The lowest BCUT2D eigenvalue weighted by Crippen LogP contribution is -2.52. The van der Waals surface area contributed by atoms with Gasteiger partial charge in [0.2, 0.25) is 0 Å². The molecule has 4 heterocycles. The Hall–Kier alpha value is -2.77. The van der Waals surface area contributed by atoms with Gasteiger partial charge >= 0.3 is 0 Å². The van der Waals surface area contributed by atoms with Crippen molar-refractivity contribution in [3.05, 3.63) is 47.5 Å². The fourth-order valence-electron chi connectivity index (χ4n) is 4.40. The Labute approximate surface area is 177 Å². The lowest BCUT2D eigenvalue weighted by Gasteiger charge is -2.35. The molecule has 152 valence electrons. The van der Waals surface area contributed by atoms with Crippen molar-refractivity contribution in [3.8, 4) is 11.3 Å². The van der Waals surface area contributed by atoms with E-state index in [1.165, 1.54) is 18.9 Å². The van der Waals surface area contributed by atoms with Gasteiger partial charge in [0.1, 0.15) is 5.52 Å². The second-order valence-corrected chi connectivity index (χ2v) is 8.79. The zero-order chi connectivity index (χ0) is 20.5. The molecule has 6 nitrogen and oxygen atoms in total. The summed E-state index contributed by atoms with van der Waals surface area (Å²) in [6.45, 7) is 2.92. The van der Waals surface area contributed by atoms with Crippen molar-refractivity contribution in [2.45, 2.75) is 18.4 Å². The summed E-state index contributed by atoms with van der Waals surface area (Å²) in [5, 5.41) is 9.88. The first-order valence-electron chi connectivity index (χ1n) is 10.1. The SMILES string of the molecule is Cn1cc2cc(-c3cc(Cl)c4cc(N5CCNC6(CC6)C5)cnc4n3)cc(F)c2n1. The van der Waals surface area contributed by atoms with Crippen LogP contribution in [-0.4, -0.2) is 44.9 Å². The summed E-state index contributed by atoms with van der Waals surface area (Å²) in [5.74, 6) is -0.378. The molecule has 8 heteroatoms. The van der Waals surface area contributed by atoms with Crippen molar-refractivity contribution >= 4 is 39.2 Å². The largest absolute Gasteiger partial charge is 0.367 e. The zero-order valence-corrected chi connectivity index (χ0v) is 17.2. The Morgan fingerprint density at radius 1 is 1.20 bits per heavy atom. The highest BCUT2D eigenvalue weighted by Crippen LogP contribution is 2.39. The van der Waals surface area contributed by atoms with Crippen LogP contribution in [0.15, 0.2) is 36.7 Å². The number of rotatable bonds is 2. The maximum absolute atomic E-state index is 14.5. The summed E-state index contributed by atoms with van der Waals surface area (Å²) in [5.41, 5.74) is 3.50. The summed E-state index contributed by atoms with van der Waals surface area (Å²) in [7, 11) is 1.77. The van der Waals surface area contributed by atoms with E-state index in [0.29, 0.717) is 27.4 Å². The van der Waals surface area contributed by atoms with Crippen LogP contribution < -0.4 is 10.2 Å². The quantitative estimate of drug-likeness (QED) is 0.530. The second-order valence-electron chi connectivity index (χ2n) is 8.38. The molecule has 1 aliphatic heterocycles. The minimum absolute atomic E-state index is 0.286. The molecule has 2 fully saturated rings. The van der Waals surface area contributed by atoms with Crippen molar-refractivity contribution in [1.82, 2.24) is 25.1 Å². The fourth-order valence-corrected chi connectivity index (χ4v) is 4.64. The van der Waals surface area contributed by atoms with Gasteiger partial charge in [0, 0.05) is 54.8 Å². The minimum atomic E-state index is -0.378. The van der Waals surface area contributed by atoms with Crippen molar-refractivity contribution in [2.24, 2.45) is 7.05 Å². The maximum atomic E-state index is 14.5. The maximum Gasteiger partial charge on any atom is 0.161 e. The number of aromatic nitrogens is 4. The average Bonchev–Trinajstić information content (AvgIpc) is 3.35. The van der Waals surface area contributed by atoms with E-state index in [-0.39, 0.29) is 11.4 Å². The van der Waals surface area contributed by atoms with E-state index in [4.69, 9.17) is 11.6 Å². The number of nitrogens with one attached hydrogen (secondary N) is 1. The number of benzene rings is 1. The molecule has 0 unspecified atom stereocenters. The Bertz CT molecular complexity index is 1310. The first kappa shape index (κ1) is 18.0. The van der Waals surface area contributed by atoms with E-state index < -0.39 is 0 Å². The molecule has 1 N–H and O–H groups in total. The highest BCUT2D eigenvalue weighted by atomic mass is 35.5. The number of halogens is 2.